The second kappa shape index (κ2) is 9.20. The molecule has 0 saturated carbocycles. The molecule has 33 heavy (non-hydrogen) atoms. The third-order valence-electron chi connectivity index (χ3n) is 6.12. The van der Waals surface area contributed by atoms with Gasteiger partial charge in [0.2, 0.25) is 0 Å². The first-order chi connectivity index (χ1) is 15.9. The Balaban J connectivity index is 1.44. The van der Waals surface area contributed by atoms with Crippen LogP contribution in [0.3, 0.4) is 0 Å². The van der Waals surface area contributed by atoms with Gasteiger partial charge in [-0.05, 0) is 54.5 Å². The molecule has 2 heterocycles. The molecule has 2 aromatic carbocycles. The number of amides is 2. The minimum absolute atomic E-state index is 0.182. The SMILES string of the molecule is Cn1c(=O)oc2ccc(-c3ccc(CCN(C#N)C(=O)[C@@H]4CCCCN4C(=O)O)cc3)cc21. The monoisotopic (exact) mass is 448 g/mol. The van der Waals surface area contributed by atoms with Crippen LogP contribution in [0.4, 0.5) is 4.79 Å². The van der Waals surface area contributed by atoms with Gasteiger partial charge in [0.1, 0.15) is 6.04 Å². The van der Waals surface area contributed by atoms with Gasteiger partial charge in [0.15, 0.2) is 11.8 Å². The van der Waals surface area contributed by atoms with Crippen molar-refractivity contribution in [2.45, 2.75) is 31.7 Å². The van der Waals surface area contributed by atoms with E-state index in [1.165, 1.54) is 4.57 Å². The van der Waals surface area contributed by atoms with E-state index < -0.39 is 23.8 Å². The van der Waals surface area contributed by atoms with E-state index in [9.17, 15) is 24.8 Å². The molecule has 1 fully saturated rings. The lowest BCUT2D eigenvalue weighted by Gasteiger charge is -2.33. The van der Waals surface area contributed by atoms with Gasteiger partial charge in [0, 0.05) is 20.1 Å². The number of rotatable bonds is 5. The summed E-state index contributed by atoms with van der Waals surface area (Å²) in [6.07, 6.45) is 3.18. The molecular formula is C24H24N4O5. The van der Waals surface area contributed by atoms with Crippen molar-refractivity contribution in [3.05, 3.63) is 58.6 Å². The number of fused-ring (bicyclic) bond motifs is 1. The lowest BCUT2D eigenvalue weighted by molar-refractivity contribution is -0.134. The Labute approximate surface area is 190 Å². The lowest BCUT2D eigenvalue weighted by Crippen LogP contribution is -2.52. The number of aromatic nitrogens is 1. The third kappa shape index (κ3) is 4.46. The normalized spacial score (nSPS) is 15.9. The van der Waals surface area contributed by atoms with Crippen LogP contribution < -0.4 is 5.76 Å². The predicted octanol–water partition coefficient (Wildman–Crippen LogP) is 3.18. The Morgan fingerprint density at radius 1 is 1.18 bits per heavy atom. The van der Waals surface area contributed by atoms with Crippen LogP contribution in [0.5, 0.6) is 0 Å². The molecule has 170 valence electrons. The van der Waals surface area contributed by atoms with E-state index in [1.54, 1.807) is 13.1 Å². The first-order valence-corrected chi connectivity index (χ1v) is 10.8. The molecule has 0 aliphatic carbocycles. The van der Waals surface area contributed by atoms with Gasteiger partial charge in [-0.3, -0.25) is 14.3 Å². The standard InChI is InChI=1S/C24H24N4O5/c1-26-20-14-18(9-10-21(20)33-24(26)32)17-7-5-16(6-8-17)11-13-27(15-25)22(29)19-4-2-3-12-28(19)23(30)31/h5-10,14,19H,2-4,11-13H2,1H3,(H,30,31)/t19-/m0/s1. The topological polar surface area (TPSA) is 120 Å². The van der Waals surface area contributed by atoms with Crippen LogP contribution in [0.15, 0.2) is 51.7 Å². The zero-order valence-electron chi connectivity index (χ0n) is 18.2. The van der Waals surface area contributed by atoms with E-state index in [4.69, 9.17) is 4.42 Å². The molecule has 1 atom stereocenters. The zero-order chi connectivity index (χ0) is 23.5. The van der Waals surface area contributed by atoms with Gasteiger partial charge < -0.3 is 9.52 Å². The van der Waals surface area contributed by atoms with Crippen LogP contribution in [-0.4, -0.2) is 50.6 Å². The van der Waals surface area contributed by atoms with Gasteiger partial charge in [0.25, 0.3) is 5.91 Å². The molecule has 0 spiro atoms. The van der Waals surface area contributed by atoms with Crippen LogP contribution in [-0.2, 0) is 18.3 Å². The summed E-state index contributed by atoms with van der Waals surface area (Å²) in [4.78, 5) is 38.2. The van der Waals surface area contributed by atoms with Crippen LogP contribution in [0.1, 0.15) is 24.8 Å². The van der Waals surface area contributed by atoms with Crippen molar-refractivity contribution in [3.63, 3.8) is 0 Å². The number of hydrogen-bond donors (Lipinski definition) is 1. The maximum atomic E-state index is 12.8. The van der Waals surface area contributed by atoms with Crippen LogP contribution in [0.2, 0.25) is 0 Å². The third-order valence-corrected chi connectivity index (χ3v) is 6.12. The highest BCUT2D eigenvalue weighted by Crippen LogP contribution is 2.25. The molecule has 9 heteroatoms. The quantitative estimate of drug-likeness (QED) is 0.473. The molecule has 0 bridgehead atoms. The van der Waals surface area contributed by atoms with E-state index in [1.807, 2.05) is 42.6 Å². The Morgan fingerprint density at radius 3 is 2.61 bits per heavy atom. The fraction of sp³-hybridized carbons (Fsp3) is 0.333. The second-order valence-corrected chi connectivity index (χ2v) is 8.13. The first-order valence-electron chi connectivity index (χ1n) is 10.8. The number of nitrogens with zero attached hydrogens (tertiary/aromatic N) is 4. The van der Waals surface area contributed by atoms with Gasteiger partial charge in [-0.2, -0.15) is 5.26 Å². The molecule has 1 aliphatic heterocycles. The number of nitriles is 1. The van der Waals surface area contributed by atoms with Crippen molar-refractivity contribution in [2.24, 2.45) is 7.05 Å². The number of likely N-dealkylation sites (tertiary alicyclic amines) is 1. The summed E-state index contributed by atoms with van der Waals surface area (Å²) in [5.41, 5.74) is 4.08. The van der Waals surface area contributed by atoms with E-state index in [2.05, 4.69) is 0 Å². The van der Waals surface area contributed by atoms with Crippen molar-refractivity contribution in [2.75, 3.05) is 13.1 Å². The van der Waals surface area contributed by atoms with Crippen LogP contribution in [0.25, 0.3) is 22.2 Å². The fourth-order valence-corrected chi connectivity index (χ4v) is 4.22. The van der Waals surface area contributed by atoms with Crippen molar-refractivity contribution in [1.82, 2.24) is 14.4 Å². The number of carboxylic acid groups (broad SMARTS) is 1. The van der Waals surface area contributed by atoms with Crippen molar-refractivity contribution in [1.29, 1.82) is 5.26 Å². The molecule has 1 N–H and O–H groups in total. The molecule has 4 rings (SSSR count). The minimum Gasteiger partial charge on any atom is -0.465 e. The summed E-state index contributed by atoms with van der Waals surface area (Å²) in [5.74, 6) is -0.871. The Hall–Kier alpha value is -4.06. The molecule has 0 radical (unpaired) electrons. The van der Waals surface area contributed by atoms with Gasteiger partial charge in [0.05, 0.1) is 5.52 Å². The molecule has 1 saturated heterocycles. The minimum atomic E-state index is -1.13. The Morgan fingerprint density at radius 2 is 1.91 bits per heavy atom. The first kappa shape index (κ1) is 22.1. The second-order valence-electron chi connectivity index (χ2n) is 8.13. The summed E-state index contributed by atoms with van der Waals surface area (Å²) in [7, 11) is 1.66. The van der Waals surface area contributed by atoms with E-state index in [0.717, 1.165) is 39.3 Å². The summed E-state index contributed by atoms with van der Waals surface area (Å²) < 4.78 is 6.63. The molecule has 0 unspecified atom stereocenters. The Kier molecular flexibility index (Phi) is 6.18. The molecule has 9 nitrogen and oxygen atoms in total. The number of oxazole rings is 1. The number of carbonyl (C=O) groups is 2. The average Bonchev–Trinajstić information content (AvgIpc) is 3.12. The maximum Gasteiger partial charge on any atom is 0.419 e. The van der Waals surface area contributed by atoms with Crippen molar-refractivity contribution >= 4 is 23.1 Å². The summed E-state index contributed by atoms with van der Waals surface area (Å²) in [5, 5.41) is 18.9. The number of carbonyl (C=O) groups excluding carboxylic acids is 1. The molecular weight excluding hydrogens is 424 g/mol. The molecule has 1 aliphatic rings. The molecule has 2 amide bonds. The highest BCUT2D eigenvalue weighted by molar-refractivity contribution is 5.86. The maximum absolute atomic E-state index is 12.8. The summed E-state index contributed by atoms with van der Waals surface area (Å²) in [6.45, 7) is 0.493. The summed E-state index contributed by atoms with van der Waals surface area (Å²) >= 11 is 0. The van der Waals surface area contributed by atoms with Gasteiger partial charge in [-0.25, -0.2) is 14.5 Å². The predicted molar refractivity (Wildman–Crippen MR) is 120 cm³/mol. The van der Waals surface area contributed by atoms with E-state index >= 15 is 0 Å². The number of piperidine rings is 1. The average molecular weight is 448 g/mol. The lowest BCUT2D eigenvalue weighted by atomic mass is 10.0. The zero-order valence-corrected chi connectivity index (χ0v) is 18.2. The number of aryl methyl sites for hydroxylation is 1. The van der Waals surface area contributed by atoms with Crippen LogP contribution >= 0.6 is 0 Å². The van der Waals surface area contributed by atoms with Gasteiger partial charge in [-0.1, -0.05) is 30.3 Å². The van der Waals surface area contributed by atoms with Crippen LogP contribution in [0, 0.1) is 11.5 Å². The van der Waals surface area contributed by atoms with Gasteiger partial charge >= 0.3 is 11.8 Å². The smallest absolute Gasteiger partial charge is 0.419 e. The number of hydrogen-bond acceptors (Lipinski definition) is 5. The summed E-state index contributed by atoms with van der Waals surface area (Å²) in [6, 6.07) is 12.5. The number of benzene rings is 2. The van der Waals surface area contributed by atoms with Gasteiger partial charge in [-0.15, -0.1) is 0 Å². The largest absolute Gasteiger partial charge is 0.465 e. The fourth-order valence-electron chi connectivity index (χ4n) is 4.22. The van der Waals surface area contributed by atoms with Crippen molar-refractivity contribution in [3.8, 4) is 17.3 Å². The Bertz CT molecular complexity index is 1280. The van der Waals surface area contributed by atoms with Crippen molar-refractivity contribution < 1.29 is 19.1 Å². The highest BCUT2D eigenvalue weighted by atomic mass is 16.4. The molecule has 1 aromatic heterocycles. The highest BCUT2D eigenvalue weighted by Gasteiger charge is 2.34. The molecule has 3 aromatic rings. The van der Waals surface area contributed by atoms with E-state index in [-0.39, 0.29) is 6.54 Å². The van der Waals surface area contributed by atoms with E-state index in [0.29, 0.717) is 30.5 Å².